The third kappa shape index (κ3) is 2.59. The monoisotopic (exact) mass is 180 g/mol. The molecule has 1 aromatic rings. The maximum absolute atomic E-state index is 11.1. The SMILES string of the molecule is O=C(O)CC(=O)c1cccc(O)c1. The molecule has 4 heteroatoms. The van der Waals surface area contributed by atoms with E-state index >= 15 is 0 Å². The second-order valence-electron chi connectivity index (χ2n) is 2.54. The topological polar surface area (TPSA) is 74.6 Å². The summed E-state index contributed by atoms with van der Waals surface area (Å²) in [5, 5.41) is 17.3. The third-order valence-electron chi connectivity index (χ3n) is 1.48. The van der Waals surface area contributed by atoms with Gasteiger partial charge < -0.3 is 10.2 Å². The van der Waals surface area contributed by atoms with Gasteiger partial charge in [-0.25, -0.2) is 0 Å². The van der Waals surface area contributed by atoms with Gasteiger partial charge in [0.1, 0.15) is 12.2 Å². The predicted octanol–water partition coefficient (Wildman–Crippen LogP) is 1.05. The van der Waals surface area contributed by atoms with Crippen LogP contribution in [0, 0.1) is 0 Å². The van der Waals surface area contributed by atoms with Crippen molar-refractivity contribution in [1.29, 1.82) is 0 Å². The maximum Gasteiger partial charge on any atom is 0.311 e. The number of ketones is 1. The van der Waals surface area contributed by atoms with Gasteiger partial charge in [0.2, 0.25) is 0 Å². The van der Waals surface area contributed by atoms with Crippen molar-refractivity contribution >= 4 is 11.8 Å². The fourth-order valence-corrected chi connectivity index (χ4v) is 0.919. The van der Waals surface area contributed by atoms with Crippen LogP contribution in [-0.2, 0) is 4.79 Å². The first-order valence-electron chi connectivity index (χ1n) is 3.63. The molecule has 1 aromatic carbocycles. The first kappa shape index (κ1) is 9.25. The Morgan fingerprint density at radius 2 is 2.00 bits per heavy atom. The van der Waals surface area contributed by atoms with Crippen LogP contribution in [0.1, 0.15) is 16.8 Å². The van der Waals surface area contributed by atoms with Crippen LogP contribution in [0.4, 0.5) is 0 Å². The molecule has 0 aliphatic heterocycles. The molecule has 0 atom stereocenters. The molecule has 0 spiro atoms. The molecule has 0 radical (unpaired) electrons. The van der Waals surface area contributed by atoms with Crippen molar-refractivity contribution in [2.75, 3.05) is 0 Å². The van der Waals surface area contributed by atoms with Gasteiger partial charge in [-0.1, -0.05) is 12.1 Å². The molecule has 1 rings (SSSR count). The average molecular weight is 180 g/mol. The Morgan fingerprint density at radius 1 is 1.31 bits per heavy atom. The summed E-state index contributed by atoms with van der Waals surface area (Å²) in [5.41, 5.74) is 0.211. The Kier molecular flexibility index (Phi) is 2.64. The molecule has 0 bridgehead atoms. The maximum atomic E-state index is 11.1. The van der Waals surface area contributed by atoms with Crippen molar-refractivity contribution in [3.63, 3.8) is 0 Å². The molecule has 0 aromatic heterocycles. The fraction of sp³-hybridized carbons (Fsp3) is 0.111. The highest BCUT2D eigenvalue weighted by molar-refractivity contribution is 6.05. The van der Waals surface area contributed by atoms with Gasteiger partial charge in [0, 0.05) is 5.56 Å². The molecule has 0 saturated carbocycles. The lowest BCUT2D eigenvalue weighted by atomic mass is 10.1. The zero-order valence-corrected chi connectivity index (χ0v) is 6.73. The molecule has 2 N–H and O–H groups in total. The van der Waals surface area contributed by atoms with Crippen LogP contribution >= 0.6 is 0 Å². The smallest absolute Gasteiger partial charge is 0.311 e. The lowest BCUT2D eigenvalue weighted by molar-refractivity contribution is -0.135. The lowest BCUT2D eigenvalue weighted by Crippen LogP contribution is -2.06. The third-order valence-corrected chi connectivity index (χ3v) is 1.48. The minimum atomic E-state index is -1.17. The van der Waals surface area contributed by atoms with Crippen molar-refractivity contribution in [3.8, 4) is 5.75 Å². The predicted molar refractivity (Wildman–Crippen MR) is 44.7 cm³/mol. The van der Waals surface area contributed by atoms with Gasteiger partial charge >= 0.3 is 5.97 Å². The Bertz CT molecular complexity index is 343. The Morgan fingerprint density at radius 3 is 2.54 bits per heavy atom. The van der Waals surface area contributed by atoms with E-state index in [0.29, 0.717) is 0 Å². The Hall–Kier alpha value is -1.84. The molecule has 0 aliphatic carbocycles. The van der Waals surface area contributed by atoms with Gasteiger partial charge in [0.15, 0.2) is 5.78 Å². The summed E-state index contributed by atoms with van der Waals surface area (Å²) < 4.78 is 0. The van der Waals surface area contributed by atoms with Crippen LogP contribution < -0.4 is 0 Å². The highest BCUT2D eigenvalue weighted by Gasteiger charge is 2.10. The summed E-state index contributed by atoms with van der Waals surface area (Å²) in [6, 6.07) is 5.61. The van der Waals surface area contributed by atoms with Gasteiger partial charge in [-0.05, 0) is 12.1 Å². The summed E-state index contributed by atoms with van der Waals surface area (Å²) in [5.74, 6) is -1.73. The van der Waals surface area contributed by atoms with Gasteiger partial charge in [0.05, 0.1) is 0 Å². The zero-order valence-electron chi connectivity index (χ0n) is 6.73. The summed E-state index contributed by atoms with van der Waals surface area (Å²) in [6.07, 6.45) is -0.552. The van der Waals surface area contributed by atoms with E-state index in [4.69, 9.17) is 10.2 Å². The molecule has 0 amide bonds. The minimum absolute atomic E-state index is 0.0451. The van der Waals surface area contributed by atoms with E-state index in [-0.39, 0.29) is 11.3 Å². The van der Waals surface area contributed by atoms with Crippen LogP contribution in [0.2, 0.25) is 0 Å². The number of aromatic hydroxyl groups is 1. The fourth-order valence-electron chi connectivity index (χ4n) is 0.919. The van der Waals surface area contributed by atoms with Gasteiger partial charge in [-0.15, -0.1) is 0 Å². The van der Waals surface area contributed by atoms with Crippen LogP contribution in [-0.4, -0.2) is 22.0 Å². The van der Waals surface area contributed by atoms with Crippen LogP contribution in [0.25, 0.3) is 0 Å². The van der Waals surface area contributed by atoms with Crippen molar-refractivity contribution in [2.45, 2.75) is 6.42 Å². The second kappa shape index (κ2) is 3.71. The van der Waals surface area contributed by atoms with Crippen molar-refractivity contribution < 1.29 is 19.8 Å². The lowest BCUT2D eigenvalue weighted by Gasteiger charge is -1.97. The van der Waals surface area contributed by atoms with Gasteiger partial charge in [0.25, 0.3) is 0 Å². The molecule has 68 valence electrons. The number of rotatable bonds is 3. The van der Waals surface area contributed by atoms with Gasteiger partial charge in [-0.3, -0.25) is 9.59 Å². The summed E-state index contributed by atoms with van der Waals surface area (Å²) >= 11 is 0. The number of phenols is 1. The van der Waals surface area contributed by atoms with Crippen molar-refractivity contribution in [1.82, 2.24) is 0 Å². The van der Waals surface area contributed by atoms with E-state index in [1.54, 1.807) is 0 Å². The normalized spacial score (nSPS) is 9.54. The molecule has 0 heterocycles. The van der Waals surface area contributed by atoms with E-state index < -0.39 is 18.2 Å². The number of aliphatic carboxylic acids is 1. The molecular weight excluding hydrogens is 172 g/mol. The molecule has 4 nitrogen and oxygen atoms in total. The second-order valence-corrected chi connectivity index (χ2v) is 2.54. The summed E-state index contributed by atoms with van der Waals surface area (Å²) in [6.45, 7) is 0. The van der Waals surface area contributed by atoms with Crippen LogP contribution in [0.3, 0.4) is 0 Å². The molecule has 0 saturated heterocycles. The number of benzene rings is 1. The zero-order chi connectivity index (χ0) is 9.84. The molecule has 0 unspecified atom stereocenters. The van der Waals surface area contributed by atoms with E-state index in [1.807, 2.05) is 0 Å². The number of carbonyl (C=O) groups is 2. The molecular formula is C9H8O4. The van der Waals surface area contributed by atoms with E-state index in [1.165, 1.54) is 24.3 Å². The standard InChI is InChI=1S/C9H8O4/c10-7-3-1-2-6(4-7)8(11)5-9(12)13/h1-4,10H,5H2,(H,12,13). The molecule has 0 aliphatic rings. The summed E-state index contributed by atoms with van der Waals surface area (Å²) in [4.78, 5) is 21.3. The first-order valence-corrected chi connectivity index (χ1v) is 3.63. The average Bonchev–Trinajstić information content (AvgIpc) is 2.03. The largest absolute Gasteiger partial charge is 0.508 e. The summed E-state index contributed by atoms with van der Waals surface area (Å²) in [7, 11) is 0. The number of Topliss-reactive ketones (excluding diaryl/α,β-unsaturated/α-hetero) is 1. The highest BCUT2D eigenvalue weighted by Crippen LogP contribution is 2.12. The van der Waals surface area contributed by atoms with E-state index in [2.05, 4.69) is 0 Å². The van der Waals surface area contributed by atoms with Crippen molar-refractivity contribution in [3.05, 3.63) is 29.8 Å². The van der Waals surface area contributed by atoms with Crippen LogP contribution in [0.15, 0.2) is 24.3 Å². The van der Waals surface area contributed by atoms with Gasteiger partial charge in [-0.2, -0.15) is 0 Å². The number of hydrogen-bond acceptors (Lipinski definition) is 3. The minimum Gasteiger partial charge on any atom is -0.508 e. The Balaban J connectivity index is 2.83. The highest BCUT2D eigenvalue weighted by atomic mass is 16.4. The van der Waals surface area contributed by atoms with Crippen molar-refractivity contribution in [2.24, 2.45) is 0 Å². The molecule has 0 fully saturated rings. The number of carboxylic acid groups (broad SMARTS) is 1. The number of carboxylic acids is 1. The van der Waals surface area contributed by atoms with Crippen LogP contribution in [0.5, 0.6) is 5.75 Å². The molecule has 13 heavy (non-hydrogen) atoms. The van der Waals surface area contributed by atoms with E-state index in [9.17, 15) is 9.59 Å². The Labute approximate surface area is 74.4 Å². The number of hydrogen-bond donors (Lipinski definition) is 2. The number of carbonyl (C=O) groups excluding carboxylic acids is 1. The number of phenolic OH excluding ortho intramolecular Hbond substituents is 1. The quantitative estimate of drug-likeness (QED) is 0.538. The van der Waals surface area contributed by atoms with E-state index in [0.717, 1.165) is 0 Å². The first-order chi connectivity index (χ1) is 6.09.